The molecule has 0 spiro atoms. The normalized spacial score (nSPS) is 14.9. The average molecular weight is 775 g/mol. The summed E-state index contributed by atoms with van der Waals surface area (Å²) in [6, 6.07) is 16.2. The number of nitrogens with one attached hydrogen (secondary N) is 2. The third kappa shape index (κ3) is 10.2. The summed E-state index contributed by atoms with van der Waals surface area (Å²) >= 11 is 3.51. The maximum Gasteiger partial charge on any atom is 0.338 e. The van der Waals surface area contributed by atoms with Crippen LogP contribution >= 0.6 is 15.9 Å². The molecule has 1 atom stereocenters. The zero-order valence-electron chi connectivity index (χ0n) is 30.2. The van der Waals surface area contributed by atoms with E-state index in [1.165, 1.54) is 81.5 Å². The predicted molar refractivity (Wildman–Crippen MR) is 207 cm³/mol. The molecule has 1 fully saturated rings. The van der Waals surface area contributed by atoms with E-state index in [0.717, 1.165) is 23.7 Å². The monoisotopic (exact) mass is 773 g/mol. The summed E-state index contributed by atoms with van der Waals surface area (Å²) in [7, 11) is 1.51. The summed E-state index contributed by atoms with van der Waals surface area (Å²) in [6.07, 6.45) is 14.8. The van der Waals surface area contributed by atoms with E-state index < -0.39 is 12.0 Å². The van der Waals surface area contributed by atoms with Crippen LogP contribution in [0, 0.1) is 0 Å². The molecule has 276 valence electrons. The van der Waals surface area contributed by atoms with Crippen LogP contribution in [0.2, 0.25) is 0 Å². The zero-order valence-corrected chi connectivity index (χ0v) is 31.8. The van der Waals surface area contributed by atoms with Gasteiger partial charge in [0.2, 0.25) is 5.91 Å². The average Bonchev–Trinajstić information content (AvgIpc) is 3.69. The Morgan fingerprint density at radius 3 is 2.23 bits per heavy atom. The fraction of sp³-hybridized carbons (Fsp3) is 0.436. The molecule has 4 aromatic rings. The molecular weight excluding hydrogens is 726 g/mol. The van der Waals surface area contributed by atoms with Crippen LogP contribution < -0.4 is 20.5 Å². The number of halogens is 1. The Hall–Kier alpha value is -4.78. The summed E-state index contributed by atoms with van der Waals surface area (Å²) in [5.41, 5.74) is 6.11. The van der Waals surface area contributed by atoms with Crippen molar-refractivity contribution in [3.8, 4) is 5.75 Å². The van der Waals surface area contributed by atoms with E-state index >= 15 is 0 Å². The molecule has 52 heavy (non-hydrogen) atoms. The van der Waals surface area contributed by atoms with Crippen molar-refractivity contribution in [1.82, 2.24) is 20.4 Å². The third-order valence-electron chi connectivity index (χ3n) is 8.95. The van der Waals surface area contributed by atoms with E-state index in [-0.39, 0.29) is 17.6 Å². The summed E-state index contributed by atoms with van der Waals surface area (Å²) in [6.45, 7) is 4.02. The van der Waals surface area contributed by atoms with E-state index in [0.29, 0.717) is 46.0 Å². The first-order valence-electron chi connectivity index (χ1n) is 18.2. The molecule has 2 N–H and O–H groups in total. The minimum Gasteiger partial charge on any atom is -0.494 e. The van der Waals surface area contributed by atoms with Gasteiger partial charge >= 0.3 is 5.97 Å². The highest BCUT2D eigenvalue weighted by atomic mass is 79.9. The van der Waals surface area contributed by atoms with Crippen LogP contribution in [0.15, 0.2) is 70.1 Å². The minimum atomic E-state index is -1.03. The number of benzene rings is 3. The van der Waals surface area contributed by atoms with Crippen molar-refractivity contribution >= 4 is 67.6 Å². The number of nitrogens with zero attached hydrogens (tertiary/aromatic N) is 5. The van der Waals surface area contributed by atoms with Gasteiger partial charge in [-0.1, -0.05) is 98.7 Å². The Balaban J connectivity index is 1.28. The fourth-order valence-corrected chi connectivity index (χ4v) is 6.54. The van der Waals surface area contributed by atoms with Gasteiger partial charge in [-0.25, -0.2) is 19.5 Å². The van der Waals surface area contributed by atoms with Crippen LogP contribution in [0.5, 0.6) is 5.75 Å². The molecular formula is C39H48BrN7O5. The lowest BCUT2D eigenvalue weighted by Gasteiger charge is -2.16. The maximum absolute atomic E-state index is 14.1. The van der Waals surface area contributed by atoms with Crippen LogP contribution in [-0.4, -0.2) is 52.3 Å². The lowest BCUT2D eigenvalue weighted by molar-refractivity contribution is -0.119. The smallest absolute Gasteiger partial charge is 0.338 e. The highest BCUT2D eigenvalue weighted by Crippen LogP contribution is 2.33. The quantitative estimate of drug-likeness (QED) is 0.0712. The topological polar surface area (TPSA) is 140 Å². The minimum absolute atomic E-state index is 0.203. The van der Waals surface area contributed by atoms with Crippen LogP contribution in [0.25, 0.3) is 11.0 Å². The number of aromatic nitrogens is 3. The number of methoxy groups -OCH3 is 1. The summed E-state index contributed by atoms with van der Waals surface area (Å²) in [5, 5.41) is 12.7. The van der Waals surface area contributed by atoms with Crippen molar-refractivity contribution in [2.45, 2.75) is 96.9 Å². The SMILES string of the molecule is CCCCCCCCCCCCCCOC(=O)c1ccc(OC)c(N=C2NN(c3ccc(NC(C)=O)cc3)C(=O)C2n2nnc3ccc(Br)cc32)c1. The van der Waals surface area contributed by atoms with Crippen LogP contribution in [0.4, 0.5) is 17.1 Å². The van der Waals surface area contributed by atoms with Crippen molar-refractivity contribution in [2.24, 2.45) is 4.99 Å². The number of hydrogen-bond donors (Lipinski definition) is 2. The van der Waals surface area contributed by atoms with Crippen LogP contribution in [0.3, 0.4) is 0 Å². The molecule has 13 heteroatoms. The highest BCUT2D eigenvalue weighted by molar-refractivity contribution is 9.10. The second-order valence-corrected chi connectivity index (χ2v) is 13.9. The molecule has 1 aromatic heterocycles. The largest absolute Gasteiger partial charge is 0.494 e. The molecule has 1 aliphatic heterocycles. The molecule has 2 heterocycles. The van der Waals surface area contributed by atoms with E-state index in [2.05, 4.69) is 43.9 Å². The van der Waals surface area contributed by atoms with Crippen molar-refractivity contribution < 1.29 is 23.9 Å². The Labute approximate surface area is 313 Å². The second kappa shape index (κ2) is 19.2. The highest BCUT2D eigenvalue weighted by Gasteiger charge is 2.41. The number of hydrazine groups is 1. The number of fused-ring (bicyclic) bond motifs is 1. The lowest BCUT2D eigenvalue weighted by atomic mass is 10.1. The summed E-state index contributed by atoms with van der Waals surface area (Å²) < 4.78 is 13.5. The molecule has 0 saturated carbocycles. The Morgan fingerprint density at radius 2 is 1.58 bits per heavy atom. The van der Waals surface area contributed by atoms with Crippen molar-refractivity contribution in [1.29, 1.82) is 0 Å². The molecule has 1 aliphatic rings. The van der Waals surface area contributed by atoms with Crippen molar-refractivity contribution in [3.63, 3.8) is 0 Å². The number of esters is 1. The molecule has 0 bridgehead atoms. The molecule has 1 unspecified atom stereocenters. The van der Waals surface area contributed by atoms with Crippen molar-refractivity contribution in [3.05, 3.63) is 70.7 Å². The predicted octanol–water partition coefficient (Wildman–Crippen LogP) is 8.84. The van der Waals surface area contributed by atoms with Gasteiger partial charge in [0.15, 0.2) is 11.9 Å². The summed E-state index contributed by atoms with van der Waals surface area (Å²) in [5.74, 6) is -0.376. The van der Waals surface area contributed by atoms with Gasteiger partial charge in [0.1, 0.15) is 17.0 Å². The van der Waals surface area contributed by atoms with Gasteiger partial charge in [0.25, 0.3) is 5.91 Å². The van der Waals surface area contributed by atoms with E-state index in [4.69, 9.17) is 14.5 Å². The number of amides is 2. The number of aliphatic imine (C=N–C) groups is 1. The number of hydrogen-bond acceptors (Lipinski definition) is 8. The summed E-state index contributed by atoms with van der Waals surface area (Å²) in [4.78, 5) is 43.6. The van der Waals surface area contributed by atoms with Crippen LogP contribution in [0.1, 0.15) is 107 Å². The van der Waals surface area contributed by atoms with E-state index in [1.807, 2.05) is 12.1 Å². The molecule has 12 nitrogen and oxygen atoms in total. The molecule has 2 amide bonds. The van der Waals surface area contributed by atoms with Gasteiger partial charge in [-0.2, -0.15) is 0 Å². The van der Waals surface area contributed by atoms with Gasteiger partial charge < -0.3 is 14.8 Å². The molecule has 5 rings (SSSR count). The van der Waals surface area contributed by atoms with Gasteiger partial charge in [-0.15, -0.1) is 5.10 Å². The number of ether oxygens (including phenoxy) is 2. The zero-order chi connectivity index (χ0) is 36.9. The second-order valence-electron chi connectivity index (χ2n) is 13.0. The number of carbonyl (C=O) groups excluding carboxylic acids is 3. The molecule has 0 aliphatic carbocycles. The first kappa shape index (κ1) is 38.5. The maximum atomic E-state index is 14.1. The Bertz CT molecular complexity index is 1860. The Morgan fingerprint density at radius 1 is 0.904 bits per heavy atom. The van der Waals surface area contributed by atoms with E-state index in [9.17, 15) is 14.4 Å². The van der Waals surface area contributed by atoms with Gasteiger partial charge in [0.05, 0.1) is 30.5 Å². The van der Waals surface area contributed by atoms with Crippen LogP contribution in [-0.2, 0) is 14.3 Å². The molecule has 1 saturated heterocycles. The van der Waals surface area contributed by atoms with E-state index in [1.54, 1.807) is 48.5 Å². The molecule has 3 aromatic carbocycles. The number of amidine groups is 1. The number of anilines is 2. The number of carbonyl (C=O) groups is 3. The Kier molecular flexibility index (Phi) is 14.2. The fourth-order valence-electron chi connectivity index (χ4n) is 6.19. The third-order valence-corrected chi connectivity index (χ3v) is 9.44. The number of unbranched alkanes of at least 4 members (excludes halogenated alkanes) is 11. The first-order chi connectivity index (χ1) is 25.3. The van der Waals surface area contributed by atoms with Gasteiger partial charge in [0, 0.05) is 17.1 Å². The first-order valence-corrected chi connectivity index (χ1v) is 19.0. The van der Waals surface area contributed by atoms with Gasteiger partial charge in [-0.3, -0.25) is 15.0 Å². The lowest BCUT2D eigenvalue weighted by Crippen LogP contribution is -2.35. The van der Waals surface area contributed by atoms with Gasteiger partial charge in [-0.05, 0) is 67.1 Å². The van der Waals surface area contributed by atoms with Crippen molar-refractivity contribution in [2.75, 3.05) is 24.0 Å². The number of rotatable bonds is 19. The molecule has 0 radical (unpaired) electrons. The standard InChI is InChI=1S/C39H48BrN7O5/c1-4-5-6-7-8-9-10-11-12-13-14-15-24-52-39(50)28-16-23-35(51-3)33(25-28)42-37-36(47-34-26-29(40)17-22-32(34)43-45-47)38(49)46(44-37)31-20-18-30(19-21-31)41-27(2)48/h16-23,25-26,36H,4-15,24H2,1-3H3,(H,41,48)(H,42,44).